The molecule has 1 aromatic heterocycles. The smallest absolute Gasteiger partial charge is 0.257 e. The van der Waals surface area contributed by atoms with Gasteiger partial charge in [0.25, 0.3) is 5.91 Å². The molecule has 2 unspecified atom stereocenters. The molecular weight excluding hydrogens is 374 g/mol. The lowest BCUT2D eigenvalue weighted by Crippen LogP contribution is -2.57. The van der Waals surface area contributed by atoms with E-state index in [1.54, 1.807) is 49.6 Å². The Balaban J connectivity index is 2.05. The van der Waals surface area contributed by atoms with Crippen LogP contribution in [0.1, 0.15) is 29.2 Å². The highest BCUT2D eigenvalue weighted by molar-refractivity contribution is 7.90. The average Bonchev–Trinajstić information content (AvgIpc) is 3.06. The molecule has 0 saturated heterocycles. The van der Waals surface area contributed by atoms with Gasteiger partial charge in [0.1, 0.15) is 21.6 Å². The molecule has 1 aliphatic rings. The number of carbonyl (C=O) groups is 1. The van der Waals surface area contributed by atoms with Crippen LogP contribution < -0.4 is 11.1 Å². The predicted molar refractivity (Wildman–Crippen MR) is 101 cm³/mol. The zero-order valence-corrected chi connectivity index (χ0v) is 16.1. The maximum Gasteiger partial charge on any atom is 0.257 e. The Kier molecular flexibility index (Phi) is 4.49. The first-order valence-corrected chi connectivity index (χ1v) is 10.2. The number of rotatable bonds is 2. The number of nitrogens with zero attached hydrogens (tertiary/aromatic N) is 3. The Morgan fingerprint density at radius 1 is 1.35 bits per heavy atom. The minimum Gasteiger partial charge on any atom is -0.383 e. The minimum atomic E-state index is -3.75. The first kappa shape index (κ1) is 18.3. The molecule has 0 fully saturated rings. The summed E-state index contributed by atoms with van der Waals surface area (Å²) in [7, 11) is -2.38. The van der Waals surface area contributed by atoms with Gasteiger partial charge in [-0.25, -0.2) is 22.7 Å². The van der Waals surface area contributed by atoms with Crippen molar-refractivity contribution in [1.29, 1.82) is 0 Å². The van der Waals surface area contributed by atoms with Crippen molar-refractivity contribution in [1.82, 2.24) is 14.6 Å². The lowest BCUT2D eigenvalue weighted by Gasteiger charge is -2.39. The molecule has 2 atom stereocenters. The van der Waals surface area contributed by atoms with E-state index in [-0.39, 0.29) is 5.96 Å². The topological polar surface area (TPSA) is 118 Å². The van der Waals surface area contributed by atoms with Crippen molar-refractivity contribution >= 4 is 39.0 Å². The van der Waals surface area contributed by atoms with Gasteiger partial charge in [-0.3, -0.25) is 10.1 Å². The number of amides is 1. The number of thiazole rings is 1. The Labute approximate surface area is 155 Å². The van der Waals surface area contributed by atoms with E-state index in [9.17, 15) is 13.2 Å². The van der Waals surface area contributed by atoms with Gasteiger partial charge in [-0.1, -0.05) is 18.2 Å². The normalized spacial score (nSPS) is 24.8. The molecule has 26 heavy (non-hydrogen) atoms. The zero-order chi connectivity index (χ0) is 19.1. The van der Waals surface area contributed by atoms with Crippen LogP contribution in [0.5, 0.6) is 0 Å². The van der Waals surface area contributed by atoms with Crippen LogP contribution in [0, 0.1) is 0 Å². The quantitative estimate of drug-likeness (QED) is 0.799. The van der Waals surface area contributed by atoms with E-state index in [2.05, 4.69) is 15.3 Å². The number of guanidine groups is 1. The summed E-state index contributed by atoms with van der Waals surface area (Å²) in [5.41, 5.74) is 4.94. The fourth-order valence-electron chi connectivity index (χ4n) is 2.64. The Morgan fingerprint density at radius 2 is 2.00 bits per heavy atom. The van der Waals surface area contributed by atoms with Crippen LogP contribution in [0.15, 0.2) is 40.7 Å². The lowest BCUT2D eigenvalue weighted by molar-refractivity contribution is 0.0974. The summed E-state index contributed by atoms with van der Waals surface area (Å²) in [4.78, 5) is 21.2. The molecule has 2 heterocycles. The van der Waals surface area contributed by atoms with Gasteiger partial charge in [0.2, 0.25) is 16.0 Å². The van der Waals surface area contributed by atoms with E-state index >= 15 is 0 Å². The number of nitrogens with two attached hydrogens (primary N) is 1. The molecular formula is C16H19N5O3S2. The maximum absolute atomic E-state index is 12.9. The van der Waals surface area contributed by atoms with Gasteiger partial charge in [-0.2, -0.15) is 0 Å². The van der Waals surface area contributed by atoms with E-state index in [1.165, 1.54) is 18.4 Å². The molecule has 2 aromatic rings. The molecule has 0 bridgehead atoms. The highest BCUT2D eigenvalue weighted by Crippen LogP contribution is 2.39. The molecule has 0 radical (unpaired) electrons. The molecule has 10 heteroatoms. The van der Waals surface area contributed by atoms with Crippen LogP contribution in [0.25, 0.3) is 0 Å². The molecule has 3 N–H and O–H groups in total. The van der Waals surface area contributed by atoms with Crippen molar-refractivity contribution < 1.29 is 13.2 Å². The van der Waals surface area contributed by atoms with Crippen molar-refractivity contribution in [2.45, 2.75) is 24.6 Å². The van der Waals surface area contributed by atoms with Crippen molar-refractivity contribution in [3.8, 4) is 0 Å². The number of aromatic nitrogens is 1. The highest BCUT2D eigenvalue weighted by Gasteiger charge is 2.50. The zero-order valence-electron chi connectivity index (χ0n) is 14.5. The van der Waals surface area contributed by atoms with Gasteiger partial charge in [0.15, 0.2) is 0 Å². The van der Waals surface area contributed by atoms with E-state index in [4.69, 9.17) is 5.73 Å². The number of hydrogen-bond donors (Lipinski definition) is 2. The van der Waals surface area contributed by atoms with Crippen molar-refractivity contribution in [3.63, 3.8) is 0 Å². The van der Waals surface area contributed by atoms with Crippen LogP contribution in [-0.2, 0) is 15.6 Å². The van der Waals surface area contributed by atoms with E-state index in [0.29, 0.717) is 16.4 Å². The number of nitrogen functional groups attached to an aromatic ring is 1. The van der Waals surface area contributed by atoms with E-state index in [1.807, 2.05) is 0 Å². The standard InChI is InChI=1S/C16H19N5O3S2/c1-10-16(2,14-18-12(17)9-25-14)20-15(21(3)26(10,23)24)19-13(22)11-7-5-4-6-8-11/h4-10H,17H2,1-3H3,(H,19,20,22). The number of aliphatic imine (C=N–C) groups is 1. The molecule has 1 aliphatic heterocycles. The Morgan fingerprint density at radius 3 is 2.58 bits per heavy atom. The third-order valence-electron chi connectivity index (χ3n) is 4.47. The van der Waals surface area contributed by atoms with Gasteiger partial charge in [0, 0.05) is 18.0 Å². The predicted octanol–water partition coefficient (Wildman–Crippen LogP) is 1.39. The summed E-state index contributed by atoms with van der Waals surface area (Å²) in [5.74, 6) is -0.185. The largest absolute Gasteiger partial charge is 0.383 e. The minimum absolute atomic E-state index is 0.0479. The number of sulfonamides is 1. The van der Waals surface area contributed by atoms with Gasteiger partial charge in [-0.05, 0) is 26.0 Å². The molecule has 1 aromatic carbocycles. The average molecular weight is 393 g/mol. The van der Waals surface area contributed by atoms with E-state index < -0.39 is 26.7 Å². The second-order valence-electron chi connectivity index (χ2n) is 6.14. The third kappa shape index (κ3) is 2.95. The van der Waals surface area contributed by atoms with Gasteiger partial charge >= 0.3 is 0 Å². The summed E-state index contributed by atoms with van der Waals surface area (Å²) in [6.45, 7) is 3.25. The van der Waals surface area contributed by atoms with Crippen LogP contribution in [0.4, 0.5) is 5.82 Å². The summed E-state index contributed by atoms with van der Waals surface area (Å²) in [5, 5.41) is 3.84. The molecule has 8 nitrogen and oxygen atoms in total. The second-order valence-corrected chi connectivity index (χ2v) is 9.28. The Hall–Kier alpha value is -2.46. The van der Waals surface area contributed by atoms with Gasteiger partial charge in [-0.15, -0.1) is 11.3 Å². The van der Waals surface area contributed by atoms with Crippen molar-refractivity contribution in [2.24, 2.45) is 4.99 Å². The first-order chi connectivity index (χ1) is 12.2. The van der Waals surface area contributed by atoms with Crippen LogP contribution in [0.3, 0.4) is 0 Å². The fraction of sp³-hybridized carbons (Fsp3) is 0.312. The monoisotopic (exact) mass is 393 g/mol. The SMILES string of the molecule is CC1C(C)(c2nc(N)cs2)N=C(NC(=O)c2ccccc2)N(C)S1(=O)=O. The van der Waals surface area contributed by atoms with Gasteiger partial charge < -0.3 is 5.73 Å². The fourth-order valence-corrected chi connectivity index (χ4v) is 5.16. The number of benzene rings is 1. The number of nitrogens with one attached hydrogen (secondary N) is 1. The van der Waals surface area contributed by atoms with Crippen LogP contribution in [-0.4, -0.2) is 41.9 Å². The second kappa shape index (κ2) is 6.36. The van der Waals surface area contributed by atoms with Gasteiger partial charge in [0.05, 0.1) is 0 Å². The van der Waals surface area contributed by atoms with Crippen molar-refractivity contribution in [2.75, 3.05) is 12.8 Å². The Bertz CT molecular complexity index is 971. The molecule has 0 aliphatic carbocycles. The molecule has 0 spiro atoms. The molecule has 0 saturated carbocycles. The van der Waals surface area contributed by atoms with Crippen LogP contribution in [0.2, 0.25) is 0 Å². The van der Waals surface area contributed by atoms with Crippen molar-refractivity contribution in [3.05, 3.63) is 46.3 Å². The first-order valence-electron chi connectivity index (χ1n) is 7.81. The summed E-state index contributed by atoms with van der Waals surface area (Å²) < 4.78 is 26.7. The summed E-state index contributed by atoms with van der Waals surface area (Å²) in [6.07, 6.45) is 0. The molecule has 138 valence electrons. The molecule has 1 amide bonds. The highest BCUT2D eigenvalue weighted by atomic mass is 32.2. The molecule has 3 rings (SSSR count). The number of carbonyl (C=O) groups excluding carboxylic acids is 1. The number of hydrogen-bond acceptors (Lipinski definition) is 7. The maximum atomic E-state index is 12.9. The van der Waals surface area contributed by atoms with Crippen LogP contribution >= 0.6 is 11.3 Å². The number of anilines is 1. The summed E-state index contributed by atoms with van der Waals surface area (Å²) >= 11 is 1.24. The summed E-state index contributed by atoms with van der Waals surface area (Å²) in [6, 6.07) is 8.51. The lowest BCUT2D eigenvalue weighted by atomic mass is 10.0. The van der Waals surface area contributed by atoms with E-state index in [0.717, 1.165) is 4.31 Å². The third-order valence-corrected chi connectivity index (χ3v) is 7.85.